The first-order valence-electron chi connectivity index (χ1n) is 7.05. The number of hydrogen-bond donors (Lipinski definition) is 1. The van der Waals surface area contributed by atoms with Gasteiger partial charge in [0.25, 0.3) is 0 Å². The summed E-state index contributed by atoms with van der Waals surface area (Å²) in [6.45, 7) is 10.8. The van der Waals surface area contributed by atoms with Crippen molar-refractivity contribution in [2.75, 3.05) is 19.6 Å². The Morgan fingerprint density at radius 2 is 2.28 bits per heavy atom. The lowest BCUT2D eigenvalue weighted by molar-refractivity contribution is 0.123. The summed E-state index contributed by atoms with van der Waals surface area (Å²) >= 11 is 0. The average molecular weight is 250 g/mol. The normalized spacial score (nSPS) is 25.8. The molecule has 1 aromatic heterocycles. The van der Waals surface area contributed by atoms with E-state index >= 15 is 0 Å². The molecule has 0 spiro atoms. The molecule has 0 bridgehead atoms. The van der Waals surface area contributed by atoms with Crippen LogP contribution < -0.4 is 5.73 Å². The molecular formula is C14H26N4. The van der Waals surface area contributed by atoms with Crippen LogP contribution in [0.3, 0.4) is 0 Å². The van der Waals surface area contributed by atoms with Crippen LogP contribution in [-0.4, -0.2) is 34.1 Å². The lowest BCUT2D eigenvalue weighted by Gasteiger charge is -2.36. The molecular weight excluding hydrogens is 224 g/mol. The third kappa shape index (κ3) is 2.93. The summed E-state index contributed by atoms with van der Waals surface area (Å²) in [6.07, 6.45) is 5.19. The summed E-state index contributed by atoms with van der Waals surface area (Å²) in [6, 6.07) is 0.483. The van der Waals surface area contributed by atoms with E-state index in [-0.39, 0.29) is 0 Å². The number of hydrogen-bond acceptors (Lipinski definition) is 3. The van der Waals surface area contributed by atoms with E-state index in [2.05, 4.69) is 35.2 Å². The Hall–Kier alpha value is -0.870. The fourth-order valence-electron chi connectivity index (χ4n) is 2.82. The molecule has 0 amide bonds. The van der Waals surface area contributed by atoms with E-state index in [1.165, 1.54) is 18.7 Å². The molecule has 4 nitrogen and oxygen atoms in total. The van der Waals surface area contributed by atoms with Crippen LogP contribution in [0, 0.1) is 11.8 Å². The minimum atomic E-state index is 0.483. The molecule has 2 rings (SSSR count). The predicted octanol–water partition coefficient (Wildman–Crippen LogP) is 1.88. The molecule has 4 heteroatoms. The zero-order valence-electron chi connectivity index (χ0n) is 11.8. The molecule has 1 fully saturated rings. The molecule has 1 saturated heterocycles. The second kappa shape index (κ2) is 5.85. The summed E-state index contributed by atoms with van der Waals surface area (Å²) in [4.78, 5) is 6.80. The van der Waals surface area contributed by atoms with Gasteiger partial charge in [-0.2, -0.15) is 0 Å². The summed E-state index contributed by atoms with van der Waals surface area (Å²) in [7, 11) is 0. The van der Waals surface area contributed by atoms with E-state index in [0.717, 1.165) is 25.6 Å². The Kier molecular flexibility index (Phi) is 4.40. The zero-order valence-corrected chi connectivity index (χ0v) is 11.8. The van der Waals surface area contributed by atoms with Gasteiger partial charge >= 0.3 is 0 Å². The average Bonchev–Trinajstić information content (AvgIpc) is 2.80. The summed E-state index contributed by atoms with van der Waals surface area (Å²) < 4.78 is 2.26. The minimum Gasteiger partial charge on any atom is -0.331 e. The quantitative estimate of drug-likeness (QED) is 0.887. The SMILES string of the molecule is CC1CCN(Cc2cncn2C(C)C)CC1CN. The number of nitrogens with zero attached hydrogens (tertiary/aromatic N) is 3. The zero-order chi connectivity index (χ0) is 13.1. The lowest BCUT2D eigenvalue weighted by atomic mass is 9.87. The highest BCUT2D eigenvalue weighted by atomic mass is 15.2. The Morgan fingerprint density at radius 1 is 1.50 bits per heavy atom. The van der Waals surface area contributed by atoms with Crippen LogP contribution in [0.5, 0.6) is 0 Å². The van der Waals surface area contributed by atoms with Gasteiger partial charge in [-0.3, -0.25) is 4.90 Å². The van der Waals surface area contributed by atoms with E-state index in [1.807, 2.05) is 12.5 Å². The number of rotatable bonds is 4. The highest BCUT2D eigenvalue weighted by molar-refractivity contribution is 5.00. The van der Waals surface area contributed by atoms with Gasteiger partial charge in [-0.25, -0.2) is 4.98 Å². The molecule has 2 unspecified atom stereocenters. The van der Waals surface area contributed by atoms with E-state index in [4.69, 9.17) is 5.73 Å². The van der Waals surface area contributed by atoms with Crippen molar-refractivity contribution in [3.8, 4) is 0 Å². The number of nitrogens with two attached hydrogens (primary N) is 1. The van der Waals surface area contributed by atoms with Gasteiger partial charge < -0.3 is 10.3 Å². The van der Waals surface area contributed by atoms with Gasteiger partial charge in [0.2, 0.25) is 0 Å². The van der Waals surface area contributed by atoms with Crippen LogP contribution >= 0.6 is 0 Å². The number of likely N-dealkylation sites (tertiary alicyclic amines) is 1. The van der Waals surface area contributed by atoms with Crippen LogP contribution in [0.4, 0.5) is 0 Å². The molecule has 0 aromatic carbocycles. The highest BCUT2D eigenvalue weighted by Gasteiger charge is 2.25. The third-order valence-electron chi connectivity index (χ3n) is 4.19. The molecule has 0 radical (unpaired) electrons. The summed E-state index contributed by atoms with van der Waals surface area (Å²) in [5.74, 6) is 1.41. The highest BCUT2D eigenvalue weighted by Crippen LogP contribution is 2.23. The topological polar surface area (TPSA) is 47.1 Å². The monoisotopic (exact) mass is 250 g/mol. The van der Waals surface area contributed by atoms with Crippen molar-refractivity contribution < 1.29 is 0 Å². The number of aromatic nitrogens is 2. The largest absolute Gasteiger partial charge is 0.331 e. The molecule has 1 aromatic rings. The number of imidazole rings is 1. The van der Waals surface area contributed by atoms with Gasteiger partial charge in [0.05, 0.1) is 12.0 Å². The maximum absolute atomic E-state index is 5.86. The van der Waals surface area contributed by atoms with E-state index in [0.29, 0.717) is 12.0 Å². The minimum absolute atomic E-state index is 0.483. The van der Waals surface area contributed by atoms with Gasteiger partial charge in [0.1, 0.15) is 0 Å². The Bertz CT molecular complexity index is 372. The predicted molar refractivity (Wildman–Crippen MR) is 74.2 cm³/mol. The first-order chi connectivity index (χ1) is 8.61. The summed E-state index contributed by atoms with van der Waals surface area (Å²) in [5.41, 5.74) is 7.18. The molecule has 1 aliphatic heterocycles. The van der Waals surface area contributed by atoms with Crippen molar-refractivity contribution in [1.82, 2.24) is 14.5 Å². The Balaban J connectivity index is 1.99. The van der Waals surface area contributed by atoms with Crippen molar-refractivity contribution in [2.45, 2.75) is 39.8 Å². The van der Waals surface area contributed by atoms with Crippen LogP contribution in [0.15, 0.2) is 12.5 Å². The smallest absolute Gasteiger partial charge is 0.0951 e. The van der Waals surface area contributed by atoms with Crippen LogP contribution in [-0.2, 0) is 6.54 Å². The fraction of sp³-hybridized carbons (Fsp3) is 0.786. The molecule has 102 valence electrons. The first-order valence-corrected chi connectivity index (χ1v) is 7.05. The van der Waals surface area contributed by atoms with E-state index < -0.39 is 0 Å². The molecule has 18 heavy (non-hydrogen) atoms. The summed E-state index contributed by atoms with van der Waals surface area (Å²) in [5, 5.41) is 0. The molecule has 0 aliphatic carbocycles. The van der Waals surface area contributed by atoms with Crippen LogP contribution in [0.1, 0.15) is 38.9 Å². The van der Waals surface area contributed by atoms with E-state index in [1.54, 1.807) is 0 Å². The van der Waals surface area contributed by atoms with Gasteiger partial charge in [0.15, 0.2) is 0 Å². The molecule has 1 aliphatic rings. The molecule has 2 atom stereocenters. The van der Waals surface area contributed by atoms with Crippen molar-refractivity contribution in [3.63, 3.8) is 0 Å². The van der Waals surface area contributed by atoms with Gasteiger partial charge in [-0.15, -0.1) is 0 Å². The third-order valence-corrected chi connectivity index (χ3v) is 4.19. The maximum atomic E-state index is 5.86. The van der Waals surface area contributed by atoms with Gasteiger partial charge in [0, 0.05) is 25.3 Å². The maximum Gasteiger partial charge on any atom is 0.0951 e. The molecule has 0 saturated carbocycles. The van der Waals surface area contributed by atoms with Crippen LogP contribution in [0.25, 0.3) is 0 Å². The fourth-order valence-corrected chi connectivity index (χ4v) is 2.82. The Morgan fingerprint density at radius 3 is 2.94 bits per heavy atom. The van der Waals surface area contributed by atoms with Gasteiger partial charge in [-0.05, 0) is 45.2 Å². The van der Waals surface area contributed by atoms with Crippen molar-refractivity contribution in [3.05, 3.63) is 18.2 Å². The Labute approximate surface area is 110 Å². The number of piperidine rings is 1. The molecule has 2 N–H and O–H groups in total. The standard InChI is InChI=1S/C14H26N4/c1-11(2)18-10-16-7-14(18)9-17-5-4-12(3)13(6-15)8-17/h7,10-13H,4-6,8-9,15H2,1-3H3. The molecule has 2 heterocycles. The van der Waals surface area contributed by atoms with Crippen LogP contribution in [0.2, 0.25) is 0 Å². The first kappa shape index (κ1) is 13.6. The van der Waals surface area contributed by atoms with Crippen molar-refractivity contribution in [1.29, 1.82) is 0 Å². The lowest BCUT2D eigenvalue weighted by Crippen LogP contribution is -2.42. The second-order valence-corrected chi connectivity index (χ2v) is 5.88. The van der Waals surface area contributed by atoms with E-state index in [9.17, 15) is 0 Å². The van der Waals surface area contributed by atoms with Crippen molar-refractivity contribution in [2.24, 2.45) is 17.6 Å². The van der Waals surface area contributed by atoms with Gasteiger partial charge in [-0.1, -0.05) is 6.92 Å². The van der Waals surface area contributed by atoms with Crippen molar-refractivity contribution >= 4 is 0 Å². The second-order valence-electron chi connectivity index (χ2n) is 5.88.